The zero-order valence-corrected chi connectivity index (χ0v) is 21.0. The lowest BCUT2D eigenvalue weighted by atomic mass is 9.80. The highest BCUT2D eigenvalue weighted by atomic mass is 32.2. The summed E-state index contributed by atoms with van der Waals surface area (Å²) in [5.41, 5.74) is 3.35. The molecule has 2 fully saturated rings. The molecule has 0 bridgehead atoms. The molecule has 1 aromatic carbocycles. The van der Waals surface area contributed by atoms with E-state index >= 15 is 0 Å². The fourth-order valence-corrected chi connectivity index (χ4v) is 6.63. The van der Waals surface area contributed by atoms with Gasteiger partial charge < -0.3 is 0 Å². The van der Waals surface area contributed by atoms with E-state index in [1.807, 2.05) is 24.4 Å². The van der Waals surface area contributed by atoms with Gasteiger partial charge in [0.05, 0.1) is 10.4 Å². The van der Waals surface area contributed by atoms with Crippen molar-refractivity contribution in [3.8, 4) is 0 Å². The Morgan fingerprint density at radius 1 is 1.09 bits per heavy atom. The number of carbonyl (C=O) groups excluding carboxylic acids is 2. The van der Waals surface area contributed by atoms with E-state index in [1.54, 1.807) is 0 Å². The smallest absolute Gasteiger partial charge is 0.272 e. The molecule has 2 atom stereocenters. The molecule has 0 radical (unpaired) electrons. The molecular weight excluding hydrogens is 428 g/mol. The monoisotopic (exact) mass is 464 g/mol. The lowest BCUT2D eigenvalue weighted by Gasteiger charge is -2.26. The molecule has 1 aromatic heterocycles. The molecule has 1 aliphatic carbocycles. The van der Waals surface area contributed by atoms with Crippen LogP contribution in [0, 0.1) is 11.8 Å². The molecule has 0 spiro atoms. The number of fused-ring (bicyclic) bond motifs is 1. The van der Waals surface area contributed by atoms with E-state index in [2.05, 4.69) is 31.0 Å². The molecule has 1 aliphatic heterocycles. The number of likely N-dealkylation sites (N-methyl/N-ethyl adjacent to an activating group) is 1. The molecule has 2 aliphatic rings. The fraction of sp³-hybridized carbons (Fsp3) is 0.536. The third-order valence-electron chi connectivity index (χ3n) is 7.52. The number of rotatable bonds is 7. The molecule has 1 saturated carbocycles. The van der Waals surface area contributed by atoms with Crippen molar-refractivity contribution in [1.82, 2.24) is 9.88 Å². The van der Waals surface area contributed by atoms with Gasteiger partial charge in [-0.05, 0) is 84.2 Å². The standard InChI is InChI=1S/C28H36N2O2S/c1-4-7-20(8-5-2)21-9-6-10-22(13-12-21)23-15-16-29-25-14-11-19(17-24(23)25)18-26-27(31)30(3)28(32)33-26/h11,14-18,20-22H,4-10,12-13H2,1-3H3. The maximum Gasteiger partial charge on any atom is 0.293 e. The summed E-state index contributed by atoms with van der Waals surface area (Å²) in [5.74, 6) is 2.08. The van der Waals surface area contributed by atoms with Gasteiger partial charge in [0.25, 0.3) is 11.1 Å². The number of benzene rings is 1. The first-order valence-electron chi connectivity index (χ1n) is 12.6. The fourth-order valence-electron chi connectivity index (χ4n) is 5.80. The summed E-state index contributed by atoms with van der Waals surface area (Å²) in [5, 5.41) is 0.968. The van der Waals surface area contributed by atoms with E-state index in [4.69, 9.17) is 0 Å². The van der Waals surface area contributed by atoms with Crippen LogP contribution in [0.2, 0.25) is 0 Å². The lowest BCUT2D eigenvalue weighted by Crippen LogP contribution is -2.22. The molecule has 2 heterocycles. The van der Waals surface area contributed by atoms with Crippen molar-refractivity contribution in [1.29, 1.82) is 0 Å². The summed E-state index contributed by atoms with van der Waals surface area (Å²) >= 11 is 1.01. The van der Waals surface area contributed by atoms with Crippen LogP contribution in [0.5, 0.6) is 0 Å². The molecule has 33 heavy (non-hydrogen) atoms. The van der Waals surface area contributed by atoms with Gasteiger partial charge in [-0.15, -0.1) is 0 Å². The van der Waals surface area contributed by atoms with Gasteiger partial charge >= 0.3 is 0 Å². The van der Waals surface area contributed by atoms with Gasteiger partial charge in [-0.2, -0.15) is 0 Å². The van der Waals surface area contributed by atoms with Gasteiger partial charge in [0.1, 0.15) is 0 Å². The Labute approximate surface area is 202 Å². The van der Waals surface area contributed by atoms with Crippen molar-refractivity contribution in [2.75, 3.05) is 7.05 Å². The van der Waals surface area contributed by atoms with Gasteiger partial charge in [0, 0.05) is 18.6 Å². The third kappa shape index (κ3) is 5.34. The lowest BCUT2D eigenvalue weighted by molar-refractivity contribution is -0.121. The Hall–Kier alpha value is -2.14. The van der Waals surface area contributed by atoms with Crippen LogP contribution in [0.1, 0.15) is 88.7 Å². The summed E-state index contributed by atoms with van der Waals surface area (Å²) < 4.78 is 0. The third-order valence-corrected chi connectivity index (χ3v) is 8.48. The summed E-state index contributed by atoms with van der Waals surface area (Å²) in [6.07, 6.45) is 15.6. The minimum atomic E-state index is -0.222. The Bertz CT molecular complexity index is 1040. The average molecular weight is 465 g/mol. The van der Waals surface area contributed by atoms with Crippen LogP contribution in [0.3, 0.4) is 0 Å². The zero-order valence-electron chi connectivity index (χ0n) is 20.2. The summed E-state index contributed by atoms with van der Waals surface area (Å²) in [6.45, 7) is 4.65. The van der Waals surface area contributed by atoms with Crippen LogP contribution in [-0.4, -0.2) is 28.1 Å². The first-order valence-corrected chi connectivity index (χ1v) is 13.4. The highest BCUT2D eigenvalue weighted by Gasteiger charge is 2.32. The van der Waals surface area contributed by atoms with Gasteiger partial charge in [0.15, 0.2) is 0 Å². The Balaban J connectivity index is 1.58. The number of pyridine rings is 1. The molecule has 4 rings (SSSR count). The summed E-state index contributed by atoms with van der Waals surface area (Å²) in [7, 11) is 1.53. The van der Waals surface area contributed by atoms with Crippen molar-refractivity contribution < 1.29 is 9.59 Å². The average Bonchev–Trinajstić information content (AvgIpc) is 2.99. The topological polar surface area (TPSA) is 50.3 Å². The molecule has 0 N–H and O–H groups in total. The van der Waals surface area contributed by atoms with Crippen molar-refractivity contribution >= 4 is 39.9 Å². The van der Waals surface area contributed by atoms with Crippen molar-refractivity contribution in [3.63, 3.8) is 0 Å². The molecule has 2 aromatic rings. The number of hydrogen-bond donors (Lipinski definition) is 0. The number of amides is 2. The largest absolute Gasteiger partial charge is 0.293 e. The van der Waals surface area contributed by atoms with Crippen LogP contribution < -0.4 is 0 Å². The summed E-state index contributed by atoms with van der Waals surface area (Å²) in [6, 6.07) is 8.39. The quantitative estimate of drug-likeness (QED) is 0.310. The predicted octanol–water partition coefficient (Wildman–Crippen LogP) is 7.78. The number of imide groups is 1. The van der Waals surface area contributed by atoms with Gasteiger partial charge in [-0.25, -0.2) is 0 Å². The van der Waals surface area contributed by atoms with E-state index in [0.717, 1.165) is 34.7 Å². The highest BCUT2D eigenvalue weighted by molar-refractivity contribution is 8.18. The van der Waals surface area contributed by atoms with Crippen LogP contribution in [0.4, 0.5) is 4.79 Å². The van der Waals surface area contributed by atoms with Crippen molar-refractivity contribution in [3.05, 3.63) is 46.5 Å². The van der Waals surface area contributed by atoms with E-state index < -0.39 is 0 Å². The van der Waals surface area contributed by atoms with Crippen molar-refractivity contribution in [2.45, 2.75) is 77.6 Å². The van der Waals surface area contributed by atoms with Crippen LogP contribution in [0.25, 0.3) is 17.0 Å². The predicted molar refractivity (Wildman–Crippen MR) is 138 cm³/mol. The maximum absolute atomic E-state index is 12.3. The molecule has 4 nitrogen and oxygen atoms in total. The first kappa shape index (κ1) is 24.0. The Morgan fingerprint density at radius 3 is 2.58 bits per heavy atom. The zero-order chi connectivity index (χ0) is 23.4. The molecule has 5 heteroatoms. The molecule has 176 valence electrons. The minimum absolute atomic E-state index is 0.216. The van der Waals surface area contributed by atoms with Crippen LogP contribution >= 0.6 is 11.8 Å². The maximum atomic E-state index is 12.3. The van der Waals surface area contributed by atoms with Gasteiger partial charge in [-0.3, -0.25) is 19.5 Å². The molecule has 2 amide bonds. The number of aromatic nitrogens is 1. The van der Waals surface area contributed by atoms with Crippen LogP contribution in [0.15, 0.2) is 35.4 Å². The second-order valence-corrected chi connectivity index (χ2v) is 10.7. The van der Waals surface area contributed by atoms with Crippen LogP contribution in [-0.2, 0) is 4.79 Å². The van der Waals surface area contributed by atoms with Gasteiger partial charge in [-0.1, -0.05) is 58.4 Å². The molecule has 1 saturated heterocycles. The number of nitrogens with zero attached hydrogens (tertiary/aromatic N) is 2. The Morgan fingerprint density at radius 2 is 1.88 bits per heavy atom. The number of hydrogen-bond acceptors (Lipinski definition) is 4. The SMILES string of the molecule is CCCC(CCC)C1CCCC(c2ccnc3ccc(C=C4SC(=O)N(C)C4=O)cc23)CC1. The molecule has 2 unspecified atom stereocenters. The van der Waals surface area contributed by atoms with Crippen molar-refractivity contribution in [2.24, 2.45) is 11.8 Å². The van der Waals surface area contributed by atoms with E-state index in [-0.39, 0.29) is 11.1 Å². The first-order chi connectivity index (χ1) is 16.0. The van der Waals surface area contributed by atoms with Gasteiger partial charge in [0.2, 0.25) is 0 Å². The second-order valence-electron chi connectivity index (χ2n) is 9.72. The minimum Gasteiger partial charge on any atom is -0.272 e. The number of thioether (sulfide) groups is 1. The molecular formula is C28H36N2O2S. The summed E-state index contributed by atoms with van der Waals surface area (Å²) in [4.78, 5) is 30.5. The van der Waals surface area contributed by atoms with E-state index in [0.29, 0.717) is 10.8 Å². The Kier molecular flexibility index (Phi) is 7.90. The van der Waals surface area contributed by atoms with E-state index in [9.17, 15) is 9.59 Å². The normalized spacial score (nSPS) is 23.2. The highest BCUT2D eigenvalue weighted by Crippen LogP contribution is 2.41. The number of carbonyl (C=O) groups is 2. The second kappa shape index (κ2) is 10.9. The van der Waals surface area contributed by atoms with E-state index in [1.165, 1.54) is 80.7 Å².